The molecule has 0 spiro atoms. The lowest BCUT2D eigenvalue weighted by atomic mass is 9.98. The number of ether oxygens (including phenoxy) is 2. The lowest BCUT2D eigenvalue weighted by Crippen LogP contribution is -2.11. The van der Waals surface area contributed by atoms with Crippen molar-refractivity contribution < 1.29 is 9.47 Å². The Morgan fingerprint density at radius 2 is 1.83 bits per heavy atom. The molecule has 0 heterocycles. The molecule has 0 amide bonds. The van der Waals surface area contributed by atoms with Crippen LogP contribution in [0.3, 0.4) is 0 Å². The van der Waals surface area contributed by atoms with Gasteiger partial charge in [0, 0.05) is 0 Å². The number of hydrogen-bond acceptors (Lipinski definition) is 3. The summed E-state index contributed by atoms with van der Waals surface area (Å²) in [4.78, 5) is 0. The first kappa shape index (κ1) is 14.8. The molecule has 1 aromatic carbocycles. The van der Waals surface area contributed by atoms with Gasteiger partial charge in [-0.15, -0.1) is 0 Å². The van der Waals surface area contributed by atoms with Gasteiger partial charge in [-0.2, -0.15) is 0 Å². The molecule has 0 aliphatic rings. The highest BCUT2D eigenvalue weighted by atomic mass is 16.5. The van der Waals surface area contributed by atoms with Crippen LogP contribution in [0.1, 0.15) is 25.3 Å². The predicted molar refractivity (Wildman–Crippen MR) is 75.6 cm³/mol. The quantitative estimate of drug-likeness (QED) is 0.770. The maximum atomic E-state index is 5.31. The fourth-order valence-corrected chi connectivity index (χ4v) is 1.98. The van der Waals surface area contributed by atoms with Crippen molar-refractivity contribution in [2.45, 2.75) is 26.2 Å². The van der Waals surface area contributed by atoms with Crippen LogP contribution in [-0.4, -0.2) is 27.8 Å². The van der Waals surface area contributed by atoms with Crippen molar-refractivity contribution in [3.63, 3.8) is 0 Å². The minimum Gasteiger partial charge on any atom is -0.493 e. The van der Waals surface area contributed by atoms with E-state index in [1.807, 2.05) is 13.1 Å². The molecular weight excluding hydrogens is 226 g/mol. The van der Waals surface area contributed by atoms with E-state index in [0.29, 0.717) is 0 Å². The molecule has 1 aromatic rings. The molecule has 0 fully saturated rings. The Morgan fingerprint density at radius 1 is 1.11 bits per heavy atom. The first-order valence-corrected chi connectivity index (χ1v) is 6.56. The van der Waals surface area contributed by atoms with Crippen LogP contribution in [0.4, 0.5) is 0 Å². The average Bonchev–Trinajstić information content (AvgIpc) is 2.42. The molecule has 0 bridgehead atoms. The van der Waals surface area contributed by atoms with E-state index in [-0.39, 0.29) is 0 Å². The Balaban J connectivity index is 2.52. The summed E-state index contributed by atoms with van der Waals surface area (Å²) in [6.45, 7) is 3.39. The SMILES string of the molecule is CNCCC(C)CCc1ccc(OC)c(OC)c1. The zero-order chi connectivity index (χ0) is 13.4. The van der Waals surface area contributed by atoms with E-state index < -0.39 is 0 Å². The van der Waals surface area contributed by atoms with Crippen LogP contribution in [0, 0.1) is 5.92 Å². The second-order valence-corrected chi connectivity index (χ2v) is 4.73. The van der Waals surface area contributed by atoms with Crippen molar-refractivity contribution in [1.82, 2.24) is 5.32 Å². The highest BCUT2D eigenvalue weighted by Crippen LogP contribution is 2.28. The van der Waals surface area contributed by atoms with Crippen LogP contribution < -0.4 is 14.8 Å². The normalized spacial score (nSPS) is 12.2. The Kier molecular flexibility index (Phi) is 6.58. The smallest absolute Gasteiger partial charge is 0.160 e. The zero-order valence-corrected chi connectivity index (χ0v) is 12.0. The molecule has 0 aromatic heterocycles. The van der Waals surface area contributed by atoms with E-state index in [9.17, 15) is 0 Å². The first-order valence-electron chi connectivity index (χ1n) is 6.56. The first-order chi connectivity index (χ1) is 8.71. The Labute approximate surface area is 110 Å². The second kappa shape index (κ2) is 7.98. The van der Waals surface area contributed by atoms with Gasteiger partial charge in [0.2, 0.25) is 0 Å². The third kappa shape index (κ3) is 4.57. The summed E-state index contributed by atoms with van der Waals surface area (Å²) in [6.07, 6.45) is 3.52. The molecule has 1 atom stereocenters. The van der Waals surface area contributed by atoms with Crippen molar-refractivity contribution >= 4 is 0 Å². The van der Waals surface area contributed by atoms with Crippen molar-refractivity contribution in [3.8, 4) is 11.5 Å². The van der Waals surface area contributed by atoms with Crippen LogP contribution in [0.15, 0.2) is 18.2 Å². The van der Waals surface area contributed by atoms with Gasteiger partial charge in [0.1, 0.15) is 0 Å². The molecule has 1 rings (SSSR count). The molecule has 1 N–H and O–H groups in total. The van der Waals surface area contributed by atoms with Gasteiger partial charge in [0.15, 0.2) is 11.5 Å². The van der Waals surface area contributed by atoms with Crippen molar-refractivity contribution in [2.24, 2.45) is 5.92 Å². The van der Waals surface area contributed by atoms with Gasteiger partial charge < -0.3 is 14.8 Å². The maximum absolute atomic E-state index is 5.31. The van der Waals surface area contributed by atoms with Gasteiger partial charge in [-0.25, -0.2) is 0 Å². The van der Waals surface area contributed by atoms with Gasteiger partial charge in [-0.3, -0.25) is 0 Å². The lowest BCUT2D eigenvalue weighted by Gasteiger charge is -2.12. The summed E-state index contributed by atoms with van der Waals surface area (Å²) >= 11 is 0. The van der Waals surface area contributed by atoms with Crippen LogP contribution in [-0.2, 0) is 6.42 Å². The average molecular weight is 251 g/mol. The fraction of sp³-hybridized carbons (Fsp3) is 0.600. The van der Waals surface area contributed by atoms with Crippen LogP contribution >= 0.6 is 0 Å². The largest absolute Gasteiger partial charge is 0.493 e. The topological polar surface area (TPSA) is 30.5 Å². The molecule has 0 saturated heterocycles. The number of nitrogens with one attached hydrogen (secondary N) is 1. The summed E-state index contributed by atoms with van der Waals surface area (Å²) in [5.41, 5.74) is 1.31. The van der Waals surface area contributed by atoms with Gasteiger partial charge in [-0.1, -0.05) is 13.0 Å². The van der Waals surface area contributed by atoms with E-state index in [1.165, 1.54) is 18.4 Å². The number of rotatable bonds is 8. The van der Waals surface area contributed by atoms with E-state index in [0.717, 1.165) is 30.4 Å². The van der Waals surface area contributed by atoms with Crippen LogP contribution in [0.5, 0.6) is 11.5 Å². The standard InChI is InChI=1S/C15H25NO2/c1-12(9-10-16-2)5-6-13-7-8-14(17-3)15(11-13)18-4/h7-8,11-12,16H,5-6,9-10H2,1-4H3. The lowest BCUT2D eigenvalue weighted by molar-refractivity contribution is 0.354. The Morgan fingerprint density at radius 3 is 2.44 bits per heavy atom. The zero-order valence-electron chi connectivity index (χ0n) is 12.0. The van der Waals surface area contributed by atoms with Gasteiger partial charge in [0.25, 0.3) is 0 Å². The number of hydrogen-bond donors (Lipinski definition) is 1. The molecule has 0 aliphatic heterocycles. The maximum Gasteiger partial charge on any atom is 0.160 e. The van der Waals surface area contributed by atoms with Crippen LogP contribution in [0.25, 0.3) is 0 Å². The molecule has 1 unspecified atom stereocenters. The highest BCUT2D eigenvalue weighted by molar-refractivity contribution is 5.42. The fourth-order valence-electron chi connectivity index (χ4n) is 1.98. The van der Waals surface area contributed by atoms with E-state index in [1.54, 1.807) is 14.2 Å². The Hall–Kier alpha value is -1.22. The minimum atomic E-state index is 0.741. The molecule has 0 aliphatic carbocycles. The predicted octanol–water partition coefficient (Wildman–Crippen LogP) is 2.88. The van der Waals surface area contributed by atoms with E-state index in [2.05, 4.69) is 24.4 Å². The monoisotopic (exact) mass is 251 g/mol. The number of methoxy groups -OCH3 is 2. The second-order valence-electron chi connectivity index (χ2n) is 4.73. The summed E-state index contributed by atoms with van der Waals surface area (Å²) in [5, 5.41) is 3.19. The van der Waals surface area contributed by atoms with E-state index in [4.69, 9.17) is 9.47 Å². The van der Waals surface area contributed by atoms with Gasteiger partial charge in [0.05, 0.1) is 14.2 Å². The third-order valence-electron chi connectivity index (χ3n) is 3.26. The molecule has 0 saturated carbocycles. The molecule has 18 heavy (non-hydrogen) atoms. The summed E-state index contributed by atoms with van der Waals surface area (Å²) in [5.74, 6) is 2.35. The highest BCUT2D eigenvalue weighted by Gasteiger charge is 2.06. The Bertz CT molecular complexity index is 352. The number of aryl methyl sites for hydroxylation is 1. The van der Waals surface area contributed by atoms with E-state index >= 15 is 0 Å². The third-order valence-corrected chi connectivity index (χ3v) is 3.26. The molecule has 3 heteroatoms. The summed E-state index contributed by atoms with van der Waals surface area (Å²) in [6, 6.07) is 6.17. The summed E-state index contributed by atoms with van der Waals surface area (Å²) in [7, 11) is 5.34. The van der Waals surface area contributed by atoms with Crippen molar-refractivity contribution in [1.29, 1.82) is 0 Å². The molecule has 3 nitrogen and oxygen atoms in total. The summed E-state index contributed by atoms with van der Waals surface area (Å²) < 4.78 is 10.6. The van der Waals surface area contributed by atoms with Crippen molar-refractivity contribution in [2.75, 3.05) is 27.8 Å². The van der Waals surface area contributed by atoms with Gasteiger partial charge >= 0.3 is 0 Å². The van der Waals surface area contributed by atoms with Crippen molar-refractivity contribution in [3.05, 3.63) is 23.8 Å². The number of benzene rings is 1. The molecule has 0 radical (unpaired) electrons. The minimum absolute atomic E-state index is 0.741. The molecule has 102 valence electrons. The van der Waals surface area contributed by atoms with Gasteiger partial charge in [-0.05, 0) is 56.5 Å². The van der Waals surface area contributed by atoms with Crippen LogP contribution in [0.2, 0.25) is 0 Å². The molecular formula is C15H25NO2.